The summed E-state index contributed by atoms with van der Waals surface area (Å²) >= 11 is 11.8. The van der Waals surface area contributed by atoms with E-state index < -0.39 is 0 Å². The van der Waals surface area contributed by atoms with Gasteiger partial charge in [-0.05, 0) is 24.1 Å². The van der Waals surface area contributed by atoms with E-state index in [4.69, 9.17) is 33.0 Å². The van der Waals surface area contributed by atoms with E-state index in [1.165, 1.54) is 0 Å². The number of ether oxygens (including phenoxy) is 1. The topological polar surface area (TPSA) is 70.6 Å². The Bertz CT molecular complexity index is 430. The predicted molar refractivity (Wildman–Crippen MR) is 79.2 cm³/mol. The average Bonchev–Trinajstić information content (AvgIpc) is 2.41. The van der Waals surface area contributed by atoms with Crippen molar-refractivity contribution in [3.8, 4) is 0 Å². The van der Waals surface area contributed by atoms with Crippen LogP contribution >= 0.6 is 23.2 Å². The Labute approximate surface area is 128 Å². The van der Waals surface area contributed by atoms with Crippen LogP contribution in [0.25, 0.3) is 0 Å². The number of rotatable bonds is 8. The summed E-state index contributed by atoms with van der Waals surface area (Å²) in [4.78, 5) is 11.5. The predicted octanol–water partition coefficient (Wildman–Crippen LogP) is 2.19. The second-order valence-corrected chi connectivity index (χ2v) is 4.88. The fraction of sp³-hybridized carbons (Fsp3) is 0.462. The highest BCUT2D eigenvalue weighted by molar-refractivity contribution is 6.35. The molecule has 2 amide bonds. The molecular formula is C13H18Cl2N2O3. The maximum absolute atomic E-state index is 11.5. The second kappa shape index (κ2) is 9.83. The van der Waals surface area contributed by atoms with Gasteiger partial charge in [0.1, 0.15) is 0 Å². The molecule has 0 aliphatic carbocycles. The molecule has 0 aliphatic heterocycles. The maximum Gasteiger partial charge on any atom is 0.315 e. The van der Waals surface area contributed by atoms with E-state index in [9.17, 15) is 4.79 Å². The first kappa shape index (κ1) is 17.0. The van der Waals surface area contributed by atoms with Crippen LogP contribution in [0.3, 0.4) is 0 Å². The zero-order valence-electron chi connectivity index (χ0n) is 11.0. The fourth-order valence-electron chi connectivity index (χ4n) is 1.45. The van der Waals surface area contributed by atoms with E-state index >= 15 is 0 Å². The normalized spacial score (nSPS) is 10.3. The van der Waals surface area contributed by atoms with Gasteiger partial charge in [0.2, 0.25) is 0 Å². The third kappa shape index (κ3) is 6.96. The van der Waals surface area contributed by atoms with Gasteiger partial charge in [-0.1, -0.05) is 29.3 Å². The highest BCUT2D eigenvalue weighted by Crippen LogP contribution is 2.20. The van der Waals surface area contributed by atoms with Crippen molar-refractivity contribution in [3.05, 3.63) is 33.8 Å². The molecule has 0 radical (unpaired) electrons. The molecule has 0 heterocycles. The summed E-state index contributed by atoms with van der Waals surface area (Å²) in [6.45, 7) is 1.68. The van der Waals surface area contributed by atoms with Crippen molar-refractivity contribution in [2.75, 3.05) is 26.4 Å². The first-order valence-corrected chi connectivity index (χ1v) is 7.03. The maximum atomic E-state index is 11.5. The number of carbonyl (C=O) groups is 1. The zero-order chi connectivity index (χ0) is 14.8. The quantitative estimate of drug-likeness (QED) is 0.643. The van der Waals surface area contributed by atoms with E-state index in [-0.39, 0.29) is 12.6 Å². The third-order valence-electron chi connectivity index (χ3n) is 2.44. The summed E-state index contributed by atoms with van der Waals surface area (Å²) in [5, 5.41) is 15.0. The standard InChI is InChI=1S/C13H18Cl2N2O3/c14-11-3-2-10(12(15)8-11)9-17-13(19)16-4-1-6-20-7-5-18/h2-3,8,18H,1,4-7,9H2,(H2,16,17,19). The van der Waals surface area contributed by atoms with E-state index in [0.717, 1.165) is 5.56 Å². The van der Waals surface area contributed by atoms with Crippen LogP contribution in [0.2, 0.25) is 10.0 Å². The summed E-state index contributed by atoms with van der Waals surface area (Å²) < 4.78 is 5.07. The molecule has 1 rings (SSSR count). The number of nitrogens with one attached hydrogen (secondary N) is 2. The van der Waals surface area contributed by atoms with Crippen molar-refractivity contribution in [2.24, 2.45) is 0 Å². The zero-order valence-corrected chi connectivity index (χ0v) is 12.5. The third-order valence-corrected chi connectivity index (χ3v) is 3.03. The van der Waals surface area contributed by atoms with Gasteiger partial charge in [-0.3, -0.25) is 0 Å². The lowest BCUT2D eigenvalue weighted by Gasteiger charge is -2.09. The van der Waals surface area contributed by atoms with Crippen LogP contribution < -0.4 is 10.6 Å². The van der Waals surface area contributed by atoms with Gasteiger partial charge < -0.3 is 20.5 Å². The van der Waals surface area contributed by atoms with Crippen molar-refractivity contribution in [1.29, 1.82) is 0 Å². The van der Waals surface area contributed by atoms with E-state index in [0.29, 0.717) is 42.8 Å². The summed E-state index contributed by atoms with van der Waals surface area (Å²) in [6, 6.07) is 4.86. The highest BCUT2D eigenvalue weighted by atomic mass is 35.5. The van der Waals surface area contributed by atoms with Crippen LogP contribution in [0.1, 0.15) is 12.0 Å². The molecule has 0 aromatic heterocycles. The summed E-state index contributed by atoms with van der Waals surface area (Å²) in [5.74, 6) is 0. The molecule has 0 saturated heterocycles. The molecule has 0 unspecified atom stereocenters. The minimum absolute atomic E-state index is 0.00969. The molecule has 0 atom stereocenters. The molecule has 0 saturated carbocycles. The Hall–Kier alpha value is -1.01. The van der Waals surface area contributed by atoms with Crippen LogP contribution in [0.4, 0.5) is 4.79 Å². The summed E-state index contributed by atoms with van der Waals surface area (Å²) in [6.07, 6.45) is 0.690. The van der Waals surface area contributed by atoms with E-state index in [2.05, 4.69) is 10.6 Å². The van der Waals surface area contributed by atoms with Crippen LogP contribution in [0, 0.1) is 0 Å². The van der Waals surface area contributed by atoms with Gasteiger partial charge >= 0.3 is 6.03 Å². The molecule has 0 fully saturated rings. The number of amides is 2. The molecule has 7 heteroatoms. The number of halogens is 2. The number of benzene rings is 1. The summed E-state index contributed by atoms with van der Waals surface area (Å²) in [5.41, 5.74) is 0.803. The monoisotopic (exact) mass is 320 g/mol. The minimum Gasteiger partial charge on any atom is -0.394 e. The average molecular weight is 321 g/mol. The molecule has 1 aromatic rings. The van der Waals surface area contributed by atoms with Crippen LogP contribution in [0.5, 0.6) is 0 Å². The molecule has 3 N–H and O–H groups in total. The van der Waals surface area contributed by atoms with Crippen LogP contribution in [-0.4, -0.2) is 37.5 Å². The largest absolute Gasteiger partial charge is 0.394 e. The van der Waals surface area contributed by atoms with Gasteiger partial charge in [0.15, 0.2) is 0 Å². The van der Waals surface area contributed by atoms with Crippen LogP contribution in [0.15, 0.2) is 18.2 Å². The number of aliphatic hydroxyl groups is 1. The first-order valence-electron chi connectivity index (χ1n) is 6.27. The van der Waals surface area contributed by atoms with Crippen molar-refractivity contribution in [1.82, 2.24) is 10.6 Å². The molecular weight excluding hydrogens is 303 g/mol. The molecule has 0 spiro atoms. The Morgan fingerprint density at radius 2 is 2.05 bits per heavy atom. The van der Waals surface area contributed by atoms with Crippen molar-refractivity contribution < 1.29 is 14.6 Å². The second-order valence-electron chi connectivity index (χ2n) is 4.03. The van der Waals surface area contributed by atoms with Crippen molar-refractivity contribution >= 4 is 29.2 Å². The van der Waals surface area contributed by atoms with Crippen LogP contribution in [-0.2, 0) is 11.3 Å². The molecule has 1 aromatic carbocycles. The van der Waals surface area contributed by atoms with Gasteiger partial charge in [0.25, 0.3) is 0 Å². The minimum atomic E-state index is -0.266. The molecule has 20 heavy (non-hydrogen) atoms. The molecule has 5 nitrogen and oxygen atoms in total. The van der Waals surface area contributed by atoms with Gasteiger partial charge in [-0.15, -0.1) is 0 Å². The number of hydrogen-bond acceptors (Lipinski definition) is 3. The van der Waals surface area contributed by atoms with Gasteiger partial charge in [0, 0.05) is 29.7 Å². The molecule has 0 aliphatic rings. The van der Waals surface area contributed by atoms with Gasteiger partial charge in [-0.25, -0.2) is 4.79 Å². The van der Waals surface area contributed by atoms with Crippen molar-refractivity contribution in [2.45, 2.75) is 13.0 Å². The lowest BCUT2D eigenvalue weighted by molar-refractivity contribution is 0.0910. The van der Waals surface area contributed by atoms with Crippen molar-refractivity contribution in [3.63, 3.8) is 0 Å². The number of urea groups is 1. The Kier molecular flexibility index (Phi) is 8.37. The highest BCUT2D eigenvalue weighted by Gasteiger charge is 2.04. The molecule has 0 bridgehead atoms. The Morgan fingerprint density at radius 1 is 1.25 bits per heavy atom. The number of aliphatic hydroxyl groups excluding tert-OH is 1. The van der Waals surface area contributed by atoms with Gasteiger partial charge in [0.05, 0.1) is 13.2 Å². The lowest BCUT2D eigenvalue weighted by Crippen LogP contribution is -2.35. The fourth-order valence-corrected chi connectivity index (χ4v) is 1.92. The smallest absolute Gasteiger partial charge is 0.315 e. The van der Waals surface area contributed by atoms with E-state index in [1.807, 2.05) is 0 Å². The lowest BCUT2D eigenvalue weighted by atomic mass is 10.2. The van der Waals surface area contributed by atoms with Gasteiger partial charge in [-0.2, -0.15) is 0 Å². The van der Waals surface area contributed by atoms with E-state index in [1.54, 1.807) is 18.2 Å². The SMILES string of the molecule is O=C(NCCCOCCO)NCc1ccc(Cl)cc1Cl. The summed E-state index contributed by atoms with van der Waals surface area (Å²) in [7, 11) is 0. The molecule has 112 valence electrons. The number of hydrogen-bond donors (Lipinski definition) is 3. The Morgan fingerprint density at radius 3 is 2.75 bits per heavy atom. The number of carbonyl (C=O) groups excluding carboxylic acids is 1. The first-order chi connectivity index (χ1) is 9.63. The Balaban J connectivity index is 2.16.